The van der Waals surface area contributed by atoms with Crippen molar-refractivity contribution in [2.45, 2.75) is 51.5 Å². The van der Waals surface area contributed by atoms with Gasteiger partial charge >= 0.3 is 0 Å². The van der Waals surface area contributed by atoms with E-state index in [1.807, 2.05) is 22.6 Å². The quantitative estimate of drug-likeness (QED) is 0.200. The van der Waals surface area contributed by atoms with Crippen LogP contribution in [0.3, 0.4) is 0 Å². The Hall–Kier alpha value is -3.00. The number of nitrogens with one attached hydrogen (secondary N) is 1. The number of ether oxygens (including phenoxy) is 2. The van der Waals surface area contributed by atoms with E-state index in [1.54, 1.807) is 38.1 Å². The van der Waals surface area contributed by atoms with E-state index in [0.717, 1.165) is 5.57 Å². The van der Waals surface area contributed by atoms with E-state index in [2.05, 4.69) is 5.32 Å². The summed E-state index contributed by atoms with van der Waals surface area (Å²) in [6.07, 6.45) is 1.02. The molecule has 0 saturated heterocycles. The van der Waals surface area contributed by atoms with Gasteiger partial charge in [0.2, 0.25) is 11.8 Å². The highest BCUT2D eigenvalue weighted by atomic mass is 127. The van der Waals surface area contributed by atoms with E-state index >= 15 is 0 Å². The molecule has 2 amide bonds. The van der Waals surface area contributed by atoms with Gasteiger partial charge in [-0.15, -0.1) is 0 Å². The summed E-state index contributed by atoms with van der Waals surface area (Å²) in [7, 11) is 1.45. The molecule has 4 N–H and O–H groups in total. The highest BCUT2D eigenvalue weighted by Crippen LogP contribution is 2.37. The van der Waals surface area contributed by atoms with Gasteiger partial charge < -0.3 is 35.0 Å². The summed E-state index contributed by atoms with van der Waals surface area (Å²) in [6.45, 7) is 3.29. The maximum Gasteiger partial charge on any atom is 0.247 e. The van der Waals surface area contributed by atoms with Gasteiger partial charge in [-0.25, -0.2) is 4.39 Å². The minimum absolute atomic E-state index is 0.0292. The molecule has 0 saturated carbocycles. The maximum absolute atomic E-state index is 13.8. The average Bonchev–Trinajstić information content (AvgIpc) is 2.93. The lowest BCUT2D eigenvalue weighted by Gasteiger charge is -2.40. The Kier molecular flexibility index (Phi) is 12.1. The zero-order chi connectivity index (χ0) is 30.1. The predicted octanol–water partition coefficient (Wildman–Crippen LogP) is 2.88. The van der Waals surface area contributed by atoms with Crippen LogP contribution < -0.4 is 14.8 Å². The summed E-state index contributed by atoms with van der Waals surface area (Å²) in [4.78, 5) is 28.0. The lowest BCUT2D eigenvalue weighted by atomic mass is 9.87. The Morgan fingerprint density at radius 3 is 2.59 bits per heavy atom. The van der Waals surface area contributed by atoms with Crippen molar-refractivity contribution in [1.29, 1.82) is 0 Å². The van der Waals surface area contributed by atoms with Crippen molar-refractivity contribution in [3.05, 3.63) is 80.2 Å². The largest absolute Gasteiger partial charge is 0.493 e. The minimum atomic E-state index is -1.25. The smallest absolute Gasteiger partial charge is 0.247 e. The van der Waals surface area contributed by atoms with Gasteiger partial charge in [-0.2, -0.15) is 0 Å². The fourth-order valence-electron chi connectivity index (χ4n) is 4.61. The van der Waals surface area contributed by atoms with Gasteiger partial charge in [0.25, 0.3) is 0 Å². The Bertz CT molecular complexity index is 1300. The number of hydrogen-bond acceptors (Lipinski definition) is 7. The highest BCUT2D eigenvalue weighted by molar-refractivity contribution is 14.1. The van der Waals surface area contributed by atoms with Crippen molar-refractivity contribution in [1.82, 2.24) is 10.2 Å². The van der Waals surface area contributed by atoms with Gasteiger partial charge in [0.05, 0.1) is 29.9 Å². The van der Waals surface area contributed by atoms with Crippen LogP contribution in [-0.2, 0) is 22.6 Å². The Labute approximate surface area is 252 Å². The molecule has 9 nitrogen and oxygen atoms in total. The molecule has 1 aliphatic carbocycles. The summed E-state index contributed by atoms with van der Waals surface area (Å²) < 4.78 is 26.2. The number of amides is 2. The number of rotatable bonds is 12. The van der Waals surface area contributed by atoms with Crippen molar-refractivity contribution < 1.29 is 38.8 Å². The van der Waals surface area contributed by atoms with Crippen LogP contribution >= 0.6 is 22.6 Å². The first-order chi connectivity index (χ1) is 19.6. The van der Waals surface area contributed by atoms with E-state index in [4.69, 9.17) is 9.47 Å². The molecular formula is C30H36FIN2O7. The van der Waals surface area contributed by atoms with E-state index in [0.29, 0.717) is 32.6 Å². The third kappa shape index (κ3) is 8.74. The number of aliphatic hydroxyl groups excluding tert-OH is 3. The number of allylic oxidation sites excluding steroid dienone is 1. The second kappa shape index (κ2) is 15.3. The van der Waals surface area contributed by atoms with E-state index in [-0.39, 0.29) is 44.2 Å². The van der Waals surface area contributed by atoms with Crippen LogP contribution in [0.2, 0.25) is 0 Å². The number of benzene rings is 2. The van der Waals surface area contributed by atoms with Crippen molar-refractivity contribution in [2.24, 2.45) is 0 Å². The van der Waals surface area contributed by atoms with Gasteiger partial charge in [-0.1, -0.05) is 17.7 Å². The molecule has 0 fully saturated rings. The molecule has 1 aliphatic rings. The van der Waals surface area contributed by atoms with Crippen molar-refractivity contribution in [3.63, 3.8) is 0 Å². The van der Waals surface area contributed by atoms with Gasteiger partial charge in [0.1, 0.15) is 18.0 Å². The van der Waals surface area contributed by atoms with Gasteiger partial charge in [0, 0.05) is 31.2 Å². The number of aliphatic hydroxyl groups is 3. The number of nitrogens with zero attached hydrogens (tertiary/aromatic N) is 1. The first kappa shape index (κ1) is 32.5. The molecule has 0 aliphatic heterocycles. The van der Waals surface area contributed by atoms with Gasteiger partial charge in [0.15, 0.2) is 11.5 Å². The summed E-state index contributed by atoms with van der Waals surface area (Å²) in [6, 6.07) is 8.55. The van der Waals surface area contributed by atoms with Crippen LogP contribution in [0.5, 0.6) is 11.5 Å². The minimum Gasteiger partial charge on any atom is -0.493 e. The molecule has 0 radical (unpaired) electrons. The van der Waals surface area contributed by atoms with E-state index in [1.165, 1.54) is 36.3 Å². The van der Waals surface area contributed by atoms with Gasteiger partial charge in [-0.3, -0.25) is 9.59 Å². The SMILES string of the molecule is COc1cc(CO)cc(I)c1OC1C=C(C(=O)NCCO)CC(N(CCc2cccc(F)c2)C(=O)C=C(C)C)C1O. The number of halogens is 2. The molecule has 2 aromatic carbocycles. The molecule has 0 heterocycles. The van der Waals surface area contributed by atoms with Gasteiger partial charge in [-0.05, 0) is 84.3 Å². The maximum atomic E-state index is 13.8. The van der Waals surface area contributed by atoms with E-state index < -0.39 is 30.0 Å². The first-order valence-corrected chi connectivity index (χ1v) is 14.3. The number of carbonyl (C=O) groups excluding carboxylic acids is 2. The normalized spacial score (nSPS) is 18.2. The second-order valence-electron chi connectivity index (χ2n) is 9.92. The van der Waals surface area contributed by atoms with Crippen LogP contribution in [0.4, 0.5) is 4.39 Å². The van der Waals surface area contributed by atoms with Crippen LogP contribution in [0.15, 0.2) is 59.7 Å². The summed E-state index contributed by atoms with van der Waals surface area (Å²) in [5.41, 5.74) is 2.32. The van der Waals surface area contributed by atoms with Crippen molar-refractivity contribution in [3.8, 4) is 11.5 Å². The Morgan fingerprint density at radius 2 is 1.95 bits per heavy atom. The molecular weight excluding hydrogens is 646 g/mol. The molecule has 0 bridgehead atoms. The standard InChI is InChI=1S/C30H36FIN2O7/c1-18(2)11-27(37)34(9-7-19-5-4-6-22(31)12-19)24-15-21(30(39)33-8-10-35)16-25(28(24)38)41-29-23(32)13-20(17-36)14-26(29)40-3/h4-6,11-14,16,24-25,28,35-36,38H,7-10,15,17H2,1-3H3,(H,33,39). The average molecular weight is 683 g/mol. The molecule has 2 aromatic rings. The number of carbonyl (C=O) groups is 2. The lowest BCUT2D eigenvalue weighted by molar-refractivity contribution is -0.133. The molecule has 3 unspecified atom stereocenters. The molecule has 3 rings (SSSR count). The predicted molar refractivity (Wildman–Crippen MR) is 160 cm³/mol. The van der Waals surface area contributed by atoms with E-state index in [9.17, 15) is 29.3 Å². The van der Waals surface area contributed by atoms with Crippen LogP contribution in [-0.4, -0.2) is 77.1 Å². The third-order valence-corrected chi connectivity index (χ3v) is 7.37. The summed E-state index contributed by atoms with van der Waals surface area (Å²) in [5, 5.41) is 33.0. The molecule has 41 heavy (non-hydrogen) atoms. The van der Waals surface area contributed by atoms with Crippen LogP contribution in [0, 0.1) is 9.39 Å². The molecule has 0 spiro atoms. The molecule has 3 atom stereocenters. The molecule has 222 valence electrons. The summed E-state index contributed by atoms with van der Waals surface area (Å²) in [5.74, 6) is -0.568. The fraction of sp³-hybridized carbons (Fsp3) is 0.400. The first-order valence-electron chi connectivity index (χ1n) is 13.2. The second-order valence-corrected chi connectivity index (χ2v) is 11.1. The van der Waals surface area contributed by atoms with Crippen molar-refractivity contribution in [2.75, 3.05) is 26.8 Å². The van der Waals surface area contributed by atoms with Crippen molar-refractivity contribution >= 4 is 34.4 Å². The fourth-order valence-corrected chi connectivity index (χ4v) is 5.40. The molecule has 0 aromatic heterocycles. The zero-order valence-electron chi connectivity index (χ0n) is 23.3. The number of hydrogen-bond donors (Lipinski definition) is 4. The number of methoxy groups -OCH3 is 1. The molecule has 11 heteroatoms. The van der Waals surface area contributed by atoms with Crippen LogP contribution in [0.1, 0.15) is 31.4 Å². The Balaban J connectivity index is 2.02. The third-order valence-electron chi connectivity index (χ3n) is 6.57. The highest BCUT2D eigenvalue weighted by Gasteiger charge is 2.40. The summed E-state index contributed by atoms with van der Waals surface area (Å²) >= 11 is 2.03. The zero-order valence-corrected chi connectivity index (χ0v) is 25.4. The topological polar surface area (TPSA) is 129 Å². The van der Waals surface area contributed by atoms with Crippen LogP contribution in [0.25, 0.3) is 0 Å². The lowest BCUT2D eigenvalue weighted by Crippen LogP contribution is -2.55. The monoisotopic (exact) mass is 682 g/mol. The Morgan fingerprint density at radius 1 is 1.20 bits per heavy atom.